The Morgan fingerprint density at radius 3 is 2.86 bits per heavy atom. The standard InChI is InChI=1S/C28H25N3O4/c1-16-18(6-3-5-9-26(32)33)21(14-29)23-13-20-19-7-2-4-8-22(19)30-27(20)28(31(16)23)17-10-11-24-25(12-17)35-15-34-24/h2,4,7-8,10-12,28,30H,3,5-6,9,13,15H2,1H3,(H,32,33)/t28-/m1/s1. The maximum absolute atomic E-state index is 11.0. The lowest BCUT2D eigenvalue weighted by Crippen LogP contribution is -2.23. The Bertz CT molecular complexity index is 1520. The van der Waals surface area contributed by atoms with Crippen molar-refractivity contribution in [2.45, 2.75) is 45.1 Å². The van der Waals surface area contributed by atoms with Crippen molar-refractivity contribution in [3.63, 3.8) is 0 Å². The molecular formula is C28H25N3O4. The van der Waals surface area contributed by atoms with E-state index in [-0.39, 0.29) is 19.3 Å². The lowest BCUT2D eigenvalue weighted by Gasteiger charge is -2.29. The summed E-state index contributed by atoms with van der Waals surface area (Å²) in [4.78, 5) is 14.6. The molecular weight excluding hydrogens is 442 g/mol. The van der Waals surface area contributed by atoms with Crippen molar-refractivity contribution < 1.29 is 19.4 Å². The van der Waals surface area contributed by atoms with Gasteiger partial charge >= 0.3 is 5.97 Å². The molecule has 7 nitrogen and oxygen atoms in total. The van der Waals surface area contributed by atoms with Crippen molar-refractivity contribution in [3.05, 3.63) is 81.8 Å². The summed E-state index contributed by atoms with van der Waals surface area (Å²) in [5.74, 6) is 0.681. The molecule has 2 aromatic heterocycles. The minimum atomic E-state index is -0.786. The average Bonchev–Trinajstić information content (AvgIpc) is 3.54. The van der Waals surface area contributed by atoms with Crippen LogP contribution in [-0.4, -0.2) is 27.4 Å². The highest BCUT2D eigenvalue weighted by molar-refractivity contribution is 5.86. The zero-order valence-electron chi connectivity index (χ0n) is 19.4. The number of nitrogens with one attached hydrogen (secondary N) is 1. The summed E-state index contributed by atoms with van der Waals surface area (Å²) < 4.78 is 13.5. The maximum Gasteiger partial charge on any atom is 0.303 e. The molecule has 0 saturated heterocycles. The molecule has 2 aromatic carbocycles. The van der Waals surface area contributed by atoms with Crippen molar-refractivity contribution in [1.82, 2.24) is 9.55 Å². The van der Waals surface area contributed by atoms with E-state index >= 15 is 0 Å². The fourth-order valence-electron chi connectivity index (χ4n) is 5.70. The van der Waals surface area contributed by atoms with Gasteiger partial charge in [-0.15, -0.1) is 0 Å². The van der Waals surface area contributed by atoms with E-state index in [1.54, 1.807) is 0 Å². The molecule has 6 rings (SSSR count). The molecule has 7 heteroatoms. The highest BCUT2D eigenvalue weighted by atomic mass is 16.7. The zero-order chi connectivity index (χ0) is 24.1. The molecule has 0 radical (unpaired) electrons. The van der Waals surface area contributed by atoms with E-state index in [0.717, 1.165) is 57.2 Å². The van der Waals surface area contributed by atoms with Crippen LogP contribution in [0.25, 0.3) is 10.9 Å². The Hall–Kier alpha value is -4.18. The monoisotopic (exact) mass is 467 g/mol. The quantitative estimate of drug-likeness (QED) is 0.334. The maximum atomic E-state index is 11.0. The molecule has 2 aliphatic heterocycles. The Balaban J connectivity index is 1.52. The van der Waals surface area contributed by atoms with Gasteiger partial charge in [-0.05, 0) is 61.1 Å². The Morgan fingerprint density at radius 2 is 2.03 bits per heavy atom. The van der Waals surface area contributed by atoms with Crippen LogP contribution in [0.3, 0.4) is 0 Å². The SMILES string of the molecule is Cc1c(CCCCC(=O)O)c(C#N)c2n1[C@H](c1ccc3c(c1)OCO3)c1[nH]c3ccccc3c1C2. The lowest BCUT2D eigenvalue weighted by molar-refractivity contribution is -0.137. The van der Waals surface area contributed by atoms with Crippen LogP contribution in [0.2, 0.25) is 0 Å². The number of rotatable bonds is 6. The number of hydrogen-bond acceptors (Lipinski definition) is 4. The summed E-state index contributed by atoms with van der Waals surface area (Å²) in [5, 5.41) is 20.4. The number of aromatic nitrogens is 2. The van der Waals surface area contributed by atoms with Crippen molar-refractivity contribution in [1.29, 1.82) is 5.26 Å². The summed E-state index contributed by atoms with van der Waals surface area (Å²) in [6.07, 6.45) is 2.82. The highest BCUT2D eigenvalue weighted by Crippen LogP contribution is 2.45. The number of unbranched alkanes of at least 4 members (excludes halogenated alkanes) is 1. The van der Waals surface area contributed by atoms with Crippen LogP contribution in [0.5, 0.6) is 11.5 Å². The molecule has 0 unspecified atom stereocenters. The van der Waals surface area contributed by atoms with E-state index in [9.17, 15) is 10.1 Å². The van der Waals surface area contributed by atoms with Crippen LogP contribution in [0, 0.1) is 18.3 Å². The van der Waals surface area contributed by atoms with Crippen LogP contribution < -0.4 is 9.47 Å². The minimum Gasteiger partial charge on any atom is -0.481 e. The largest absolute Gasteiger partial charge is 0.481 e. The third-order valence-corrected chi connectivity index (χ3v) is 7.29. The van der Waals surface area contributed by atoms with Gasteiger partial charge in [-0.2, -0.15) is 5.26 Å². The number of carboxylic acid groups (broad SMARTS) is 1. The lowest BCUT2D eigenvalue weighted by atomic mass is 9.91. The second-order valence-electron chi connectivity index (χ2n) is 9.22. The van der Waals surface area contributed by atoms with E-state index in [2.05, 4.69) is 40.7 Å². The van der Waals surface area contributed by atoms with Gasteiger partial charge in [0.2, 0.25) is 6.79 Å². The summed E-state index contributed by atoms with van der Waals surface area (Å²) in [7, 11) is 0. The number of carbonyl (C=O) groups is 1. The first-order chi connectivity index (χ1) is 17.1. The highest BCUT2D eigenvalue weighted by Gasteiger charge is 2.35. The van der Waals surface area contributed by atoms with E-state index in [1.807, 2.05) is 24.3 Å². The van der Waals surface area contributed by atoms with E-state index in [4.69, 9.17) is 14.6 Å². The molecule has 0 fully saturated rings. The zero-order valence-corrected chi connectivity index (χ0v) is 19.4. The number of hydrogen-bond donors (Lipinski definition) is 2. The summed E-state index contributed by atoms with van der Waals surface area (Å²) >= 11 is 0. The third kappa shape index (κ3) is 3.36. The first-order valence-electron chi connectivity index (χ1n) is 11.9. The molecule has 0 saturated carbocycles. The van der Waals surface area contributed by atoms with Gasteiger partial charge in [0, 0.05) is 40.8 Å². The molecule has 1 atom stereocenters. The van der Waals surface area contributed by atoms with Crippen molar-refractivity contribution >= 4 is 16.9 Å². The molecule has 0 bridgehead atoms. The van der Waals surface area contributed by atoms with Crippen LogP contribution in [0.1, 0.15) is 64.6 Å². The smallest absolute Gasteiger partial charge is 0.303 e. The number of aliphatic carboxylic acids is 1. The van der Waals surface area contributed by atoms with Gasteiger partial charge in [0.15, 0.2) is 11.5 Å². The molecule has 176 valence electrons. The molecule has 2 N–H and O–H groups in total. The normalized spacial score (nSPS) is 15.6. The van der Waals surface area contributed by atoms with Crippen molar-refractivity contribution in [2.24, 2.45) is 0 Å². The number of nitriles is 1. The molecule has 4 heterocycles. The van der Waals surface area contributed by atoms with E-state index < -0.39 is 5.97 Å². The van der Waals surface area contributed by atoms with Crippen LogP contribution in [-0.2, 0) is 17.6 Å². The number of fused-ring (bicyclic) bond motifs is 5. The Morgan fingerprint density at radius 1 is 1.20 bits per heavy atom. The van der Waals surface area contributed by atoms with Gasteiger partial charge in [0.05, 0.1) is 11.6 Å². The fraction of sp³-hybridized carbons (Fsp3) is 0.286. The molecule has 0 aliphatic carbocycles. The summed E-state index contributed by atoms with van der Waals surface area (Å²) in [5.41, 5.74) is 8.28. The first kappa shape index (κ1) is 21.4. The van der Waals surface area contributed by atoms with Gasteiger partial charge in [-0.25, -0.2) is 0 Å². The van der Waals surface area contributed by atoms with Crippen LogP contribution in [0.4, 0.5) is 0 Å². The number of ether oxygens (including phenoxy) is 2. The predicted octanol–water partition coefficient (Wildman–Crippen LogP) is 5.22. The number of benzene rings is 2. The average molecular weight is 468 g/mol. The van der Waals surface area contributed by atoms with Crippen LogP contribution >= 0.6 is 0 Å². The summed E-state index contributed by atoms with van der Waals surface area (Å²) in [6.45, 7) is 2.29. The van der Waals surface area contributed by atoms with Crippen molar-refractivity contribution in [2.75, 3.05) is 6.79 Å². The topological polar surface area (TPSA) is 100 Å². The number of aromatic amines is 1. The first-order valence-corrected chi connectivity index (χ1v) is 11.9. The fourth-order valence-corrected chi connectivity index (χ4v) is 5.70. The van der Waals surface area contributed by atoms with E-state index in [1.165, 1.54) is 10.9 Å². The minimum absolute atomic E-state index is 0.143. The molecule has 35 heavy (non-hydrogen) atoms. The Kier molecular flexibility index (Phi) is 5.03. The third-order valence-electron chi connectivity index (χ3n) is 7.29. The molecule has 0 amide bonds. The molecule has 4 aromatic rings. The van der Waals surface area contributed by atoms with Crippen molar-refractivity contribution in [3.8, 4) is 17.6 Å². The molecule has 0 spiro atoms. The number of para-hydroxylation sites is 1. The number of H-pyrrole nitrogens is 1. The Labute approximate surface area is 202 Å². The second-order valence-corrected chi connectivity index (χ2v) is 9.22. The van der Waals surface area contributed by atoms with Gasteiger partial charge in [0.1, 0.15) is 6.07 Å². The predicted molar refractivity (Wildman–Crippen MR) is 130 cm³/mol. The number of carboxylic acids is 1. The van der Waals surface area contributed by atoms with Crippen LogP contribution in [0.15, 0.2) is 42.5 Å². The van der Waals surface area contributed by atoms with Gasteiger partial charge in [-0.1, -0.05) is 24.3 Å². The summed E-state index contributed by atoms with van der Waals surface area (Å²) in [6, 6.07) is 16.7. The van der Waals surface area contributed by atoms with Gasteiger partial charge in [-0.3, -0.25) is 4.79 Å². The van der Waals surface area contributed by atoms with Gasteiger partial charge < -0.3 is 24.1 Å². The van der Waals surface area contributed by atoms with E-state index in [0.29, 0.717) is 19.3 Å². The second kappa shape index (κ2) is 8.24. The van der Waals surface area contributed by atoms with Gasteiger partial charge in [0.25, 0.3) is 0 Å². The molecule has 2 aliphatic rings. The number of nitrogens with zero attached hydrogens (tertiary/aromatic N) is 2.